The van der Waals surface area contributed by atoms with Gasteiger partial charge in [-0.05, 0) is 35.4 Å². The molecule has 0 saturated heterocycles. The molecule has 3 aromatic rings. The van der Waals surface area contributed by atoms with Crippen LogP contribution in [0.3, 0.4) is 0 Å². The molecule has 0 aliphatic carbocycles. The summed E-state index contributed by atoms with van der Waals surface area (Å²) in [6.07, 6.45) is 0. The molecule has 0 radical (unpaired) electrons. The highest BCUT2D eigenvalue weighted by Crippen LogP contribution is 2.26. The van der Waals surface area contributed by atoms with Gasteiger partial charge < -0.3 is 5.32 Å². The summed E-state index contributed by atoms with van der Waals surface area (Å²) in [6, 6.07) is 25.6. The van der Waals surface area contributed by atoms with Gasteiger partial charge in [0.1, 0.15) is 0 Å². The predicted octanol–water partition coefficient (Wildman–Crippen LogP) is 5.01. The summed E-state index contributed by atoms with van der Waals surface area (Å²) in [6.45, 7) is 2.20. The molecule has 0 bridgehead atoms. The molecule has 3 rings (SSSR count). The zero-order chi connectivity index (χ0) is 13.1. The summed E-state index contributed by atoms with van der Waals surface area (Å²) in [4.78, 5) is 0. The number of fused-ring (bicyclic) bond motifs is 1. The first-order chi connectivity index (χ1) is 9.34. The highest BCUT2D eigenvalue weighted by atomic mass is 14.9. The molecule has 0 aromatic heterocycles. The van der Waals surface area contributed by atoms with Gasteiger partial charge in [0.15, 0.2) is 0 Å². The fourth-order valence-corrected chi connectivity index (χ4v) is 2.49. The zero-order valence-electron chi connectivity index (χ0n) is 11.0. The van der Waals surface area contributed by atoms with Crippen molar-refractivity contribution in [2.75, 3.05) is 5.32 Å². The van der Waals surface area contributed by atoms with Crippen LogP contribution in [0, 0.1) is 0 Å². The van der Waals surface area contributed by atoms with E-state index in [1.165, 1.54) is 16.3 Å². The topological polar surface area (TPSA) is 12.0 Å². The number of anilines is 1. The molecule has 0 unspecified atom stereocenters. The van der Waals surface area contributed by atoms with Gasteiger partial charge in [-0.3, -0.25) is 0 Å². The Kier molecular flexibility index (Phi) is 3.20. The molecule has 0 amide bonds. The van der Waals surface area contributed by atoms with Crippen molar-refractivity contribution in [2.24, 2.45) is 0 Å². The van der Waals surface area contributed by atoms with Gasteiger partial charge in [0, 0.05) is 11.7 Å². The molecule has 0 aliphatic rings. The summed E-state index contributed by atoms with van der Waals surface area (Å²) in [7, 11) is 0. The number of rotatable bonds is 3. The molecule has 0 fully saturated rings. The maximum atomic E-state index is 3.55. The number of para-hydroxylation sites is 1. The van der Waals surface area contributed by atoms with Crippen molar-refractivity contribution in [3.05, 3.63) is 78.4 Å². The normalized spacial score (nSPS) is 12.3. The highest BCUT2D eigenvalue weighted by molar-refractivity contribution is 5.86. The number of benzene rings is 3. The van der Waals surface area contributed by atoms with Crippen LogP contribution in [0.5, 0.6) is 0 Å². The molecular weight excluding hydrogens is 230 g/mol. The summed E-state index contributed by atoms with van der Waals surface area (Å²) in [5.41, 5.74) is 2.49. The third-order valence-electron chi connectivity index (χ3n) is 3.45. The second kappa shape index (κ2) is 5.15. The lowest BCUT2D eigenvalue weighted by atomic mass is 9.99. The van der Waals surface area contributed by atoms with Gasteiger partial charge in [-0.2, -0.15) is 0 Å². The zero-order valence-corrected chi connectivity index (χ0v) is 11.0. The minimum Gasteiger partial charge on any atom is -0.378 e. The van der Waals surface area contributed by atoms with Crippen molar-refractivity contribution >= 4 is 16.5 Å². The maximum absolute atomic E-state index is 3.55. The molecule has 0 aliphatic heterocycles. The lowest BCUT2D eigenvalue weighted by molar-refractivity contribution is 0.895. The molecule has 1 nitrogen and oxygen atoms in total. The third-order valence-corrected chi connectivity index (χ3v) is 3.45. The molecule has 3 aromatic carbocycles. The standard InChI is InChI=1S/C18H17N/c1-14(19-16-10-3-2-4-11-16)17-13-7-9-15-8-5-6-12-18(15)17/h2-14,19H,1H3/t14-/m0/s1. The quantitative estimate of drug-likeness (QED) is 0.685. The Labute approximate surface area is 113 Å². The molecule has 0 heterocycles. The van der Waals surface area contributed by atoms with E-state index in [0.29, 0.717) is 0 Å². The van der Waals surface area contributed by atoms with E-state index in [4.69, 9.17) is 0 Å². The van der Waals surface area contributed by atoms with E-state index in [0.717, 1.165) is 5.69 Å². The Bertz CT molecular complexity index is 668. The molecule has 0 saturated carbocycles. The van der Waals surface area contributed by atoms with E-state index in [1.807, 2.05) is 6.07 Å². The van der Waals surface area contributed by atoms with E-state index in [1.54, 1.807) is 0 Å². The second-order valence-corrected chi connectivity index (χ2v) is 4.80. The highest BCUT2D eigenvalue weighted by Gasteiger charge is 2.08. The lowest BCUT2D eigenvalue weighted by Crippen LogP contribution is -2.06. The monoisotopic (exact) mass is 247 g/mol. The van der Waals surface area contributed by atoms with E-state index in [9.17, 15) is 0 Å². The van der Waals surface area contributed by atoms with Crippen LogP contribution in [0.25, 0.3) is 10.8 Å². The van der Waals surface area contributed by atoms with Crippen molar-refractivity contribution < 1.29 is 0 Å². The minimum absolute atomic E-state index is 0.286. The Balaban J connectivity index is 1.96. The van der Waals surface area contributed by atoms with Crippen LogP contribution >= 0.6 is 0 Å². The molecule has 1 heteroatoms. The number of hydrogen-bond acceptors (Lipinski definition) is 1. The molecule has 1 N–H and O–H groups in total. The van der Waals surface area contributed by atoms with Gasteiger partial charge in [0.25, 0.3) is 0 Å². The Morgan fingerprint density at radius 2 is 1.42 bits per heavy atom. The van der Waals surface area contributed by atoms with Crippen LogP contribution in [0.4, 0.5) is 5.69 Å². The van der Waals surface area contributed by atoms with Crippen LogP contribution in [0.15, 0.2) is 72.8 Å². The van der Waals surface area contributed by atoms with Crippen LogP contribution < -0.4 is 5.32 Å². The average molecular weight is 247 g/mol. The molecule has 94 valence electrons. The van der Waals surface area contributed by atoms with Crippen molar-refractivity contribution in [3.8, 4) is 0 Å². The smallest absolute Gasteiger partial charge is 0.0491 e. The molecule has 1 atom stereocenters. The van der Waals surface area contributed by atoms with E-state index < -0.39 is 0 Å². The van der Waals surface area contributed by atoms with Gasteiger partial charge in [-0.1, -0.05) is 60.7 Å². The number of nitrogens with one attached hydrogen (secondary N) is 1. The van der Waals surface area contributed by atoms with Crippen molar-refractivity contribution in [2.45, 2.75) is 13.0 Å². The molecule has 19 heavy (non-hydrogen) atoms. The summed E-state index contributed by atoms with van der Waals surface area (Å²) in [5.74, 6) is 0. The molecular formula is C18H17N. The Morgan fingerprint density at radius 1 is 0.737 bits per heavy atom. The summed E-state index contributed by atoms with van der Waals surface area (Å²) >= 11 is 0. The largest absolute Gasteiger partial charge is 0.378 e. The summed E-state index contributed by atoms with van der Waals surface area (Å²) in [5, 5.41) is 6.16. The predicted molar refractivity (Wildman–Crippen MR) is 82.4 cm³/mol. The maximum Gasteiger partial charge on any atom is 0.0491 e. The van der Waals surface area contributed by atoms with Gasteiger partial charge in [0.05, 0.1) is 0 Å². The van der Waals surface area contributed by atoms with Crippen LogP contribution in [0.1, 0.15) is 18.5 Å². The van der Waals surface area contributed by atoms with E-state index >= 15 is 0 Å². The first-order valence-electron chi connectivity index (χ1n) is 6.64. The minimum atomic E-state index is 0.286. The fraction of sp³-hybridized carbons (Fsp3) is 0.111. The second-order valence-electron chi connectivity index (χ2n) is 4.80. The third kappa shape index (κ3) is 2.45. The average Bonchev–Trinajstić information content (AvgIpc) is 2.47. The first-order valence-corrected chi connectivity index (χ1v) is 6.64. The van der Waals surface area contributed by atoms with Crippen molar-refractivity contribution in [3.63, 3.8) is 0 Å². The van der Waals surface area contributed by atoms with Gasteiger partial charge in [-0.25, -0.2) is 0 Å². The van der Waals surface area contributed by atoms with E-state index in [-0.39, 0.29) is 6.04 Å². The van der Waals surface area contributed by atoms with Crippen LogP contribution in [-0.4, -0.2) is 0 Å². The van der Waals surface area contributed by atoms with Crippen LogP contribution in [-0.2, 0) is 0 Å². The van der Waals surface area contributed by atoms with Crippen molar-refractivity contribution in [1.82, 2.24) is 0 Å². The fourth-order valence-electron chi connectivity index (χ4n) is 2.49. The van der Waals surface area contributed by atoms with Gasteiger partial charge in [0.2, 0.25) is 0 Å². The van der Waals surface area contributed by atoms with E-state index in [2.05, 4.69) is 79.0 Å². The Hall–Kier alpha value is -2.28. The Morgan fingerprint density at radius 3 is 2.26 bits per heavy atom. The van der Waals surface area contributed by atoms with Gasteiger partial charge in [-0.15, -0.1) is 0 Å². The van der Waals surface area contributed by atoms with Gasteiger partial charge >= 0.3 is 0 Å². The number of hydrogen-bond donors (Lipinski definition) is 1. The SMILES string of the molecule is C[C@H](Nc1ccccc1)c1cccc2ccccc12. The summed E-state index contributed by atoms with van der Waals surface area (Å²) < 4.78 is 0. The van der Waals surface area contributed by atoms with Crippen molar-refractivity contribution in [1.29, 1.82) is 0 Å². The molecule has 0 spiro atoms. The van der Waals surface area contributed by atoms with Crippen LogP contribution in [0.2, 0.25) is 0 Å². The lowest BCUT2D eigenvalue weighted by Gasteiger charge is -2.17. The first kappa shape index (κ1) is 11.8.